The number of hydrogen-bond acceptors (Lipinski definition) is 4. The van der Waals surface area contributed by atoms with Crippen molar-refractivity contribution < 1.29 is 4.74 Å². The monoisotopic (exact) mass is 266 g/mol. The fraction of sp³-hybridized carbons (Fsp3) is 0.333. The van der Waals surface area contributed by atoms with E-state index in [1.54, 1.807) is 6.21 Å². The lowest BCUT2D eigenvalue weighted by atomic mass is 10.2. The lowest BCUT2D eigenvalue weighted by Crippen LogP contribution is -2.23. The van der Waals surface area contributed by atoms with Gasteiger partial charge in [-0.25, -0.2) is 0 Å². The van der Waals surface area contributed by atoms with Gasteiger partial charge in [-0.15, -0.1) is 0 Å². The fourth-order valence-corrected chi connectivity index (χ4v) is 1.22. The van der Waals surface area contributed by atoms with Gasteiger partial charge in [0, 0.05) is 6.54 Å². The molecular weight excluding hydrogens is 248 g/mol. The first-order valence-electron chi connectivity index (χ1n) is 5.54. The zero-order valence-electron chi connectivity index (χ0n) is 10.6. The normalized spacial score (nSPS) is 10.8. The van der Waals surface area contributed by atoms with E-state index in [0.29, 0.717) is 6.61 Å². The number of hydrogen-bond donors (Lipinski definition) is 2. The maximum Gasteiger partial charge on any atom is 0.184 e. The maximum absolute atomic E-state index is 5.57. The first kappa shape index (κ1) is 14.4. The van der Waals surface area contributed by atoms with Crippen LogP contribution in [0.25, 0.3) is 0 Å². The summed E-state index contributed by atoms with van der Waals surface area (Å²) in [6.45, 7) is 1.56. The zero-order chi connectivity index (χ0) is 13.4. The number of likely N-dealkylation sites (N-methyl/N-ethyl adjacent to an activating group) is 1. The van der Waals surface area contributed by atoms with Gasteiger partial charge >= 0.3 is 0 Å². The summed E-state index contributed by atoms with van der Waals surface area (Å²) in [4.78, 5) is 2.07. The van der Waals surface area contributed by atoms with Crippen molar-refractivity contribution in [2.45, 2.75) is 0 Å². The van der Waals surface area contributed by atoms with Gasteiger partial charge in [0.2, 0.25) is 0 Å². The predicted octanol–water partition coefficient (Wildman–Crippen LogP) is 0.794. The Morgan fingerprint density at radius 2 is 2.11 bits per heavy atom. The summed E-state index contributed by atoms with van der Waals surface area (Å²) in [5, 5.41) is 4.02. The number of rotatable bonds is 6. The Kier molecular flexibility index (Phi) is 6.10. The molecule has 18 heavy (non-hydrogen) atoms. The quantitative estimate of drug-likeness (QED) is 0.453. The number of nitrogens with zero attached hydrogens (tertiary/aromatic N) is 2. The van der Waals surface area contributed by atoms with Crippen LogP contribution in [0.4, 0.5) is 0 Å². The number of hydrazone groups is 1. The molecule has 0 aliphatic carbocycles. The van der Waals surface area contributed by atoms with E-state index in [4.69, 9.17) is 10.5 Å². The Labute approximate surface area is 113 Å². The molecule has 5 nitrogen and oxygen atoms in total. The number of thiocarbonyl (C=S) groups is 1. The minimum Gasteiger partial charge on any atom is -0.492 e. The molecule has 0 aliphatic rings. The number of benzene rings is 1. The van der Waals surface area contributed by atoms with Gasteiger partial charge in [0.15, 0.2) is 5.11 Å². The van der Waals surface area contributed by atoms with E-state index < -0.39 is 0 Å². The van der Waals surface area contributed by atoms with Crippen molar-refractivity contribution in [1.82, 2.24) is 10.3 Å². The van der Waals surface area contributed by atoms with Gasteiger partial charge in [-0.05, 0) is 56.1 Å². The third-order valence-corrected chi connectivity index (χ3v) is 2.17. The summed E-state index contributed by atoms with van der Waals surface area (Å²) < 4.78 is 5.57. The van der Waals surface area contributed by atoms with E-state index in [-0.39, 0.29) is 5.11 Å². The lowest BCUT2D eigenvalue weighted by Gasteiger charge is -2.10. The molecule has 0 fully saturated rings. The molecule has 0 unspecified atom stereocenters. The second-order valence-corrected chi connectivity index (χ2v) is 4.39. The van der Waals surface area contributed by atoms with Crippen molar-refractivity contribution in [3.8, 4) is 5.75 Å². The predicted molar refractivity (Wildman–Crippen MR) is 78.0 cm³/mol. The second kappa shape index (κ2) is 7.62. The largest absolute Gasteiger partial charge is 0.492 e. The molecule has 0 heterocycles. The lowest BCUT2D eigenvalue weighted by molar-refractivity contribution is 0.261. The van der Waals surface area contributed by atoms with E-state index in [0.717, 1.165) is 17.9 Å². The van der Waals surface area contributed by atoms with Gasteiger partial charge < -0.3 is 15.4 Å². The van der Waals surface area contributed by atoms with Crippen LogP contribution in [0.5, 0.6) is 5.75 Å². The van der Waals surface area contributed by atoms with E-state index in [2.05, 4.69) is 27.6 Å². The molecule has 0 saturated heterocycles. The number of nitrogens with one attached hydrogen (secondary N) is 1. The van der Waals surface area contributed by atoms with Gasteiger partial charge in [-0.2, -0.15) is 5.10 Å². The molecule has 3 N–H and O–H groups in total. The van der Waals surface area contributed by atoms with Crippen LogP contribution in [-0.2, 0) is 0 Å². The van der Waals surface area contributed by atoms with Crippen molar-refractivity contribution in [1.29, 1.82) is 0 Å². The molecule has 0 bridgehead atoms. The van der Waals surface area contributed by atoms with Gasteiger partial charge in [0.1, 0.15) is 12.4 Å². The maximum atomic E-state index is 5.57. The minimum absolute atomic E-state index is 0.148. The van der Waals surface area contributed by atoms with Gasteiger partial charge in [-0.1, -0.05) is 0 Å². The average molecular weight is 266 g/mol. The molecule has 1 rings (SSSR count). The number of ether oxygens (including phenoxy) is 1. The first-order valence-corrected chi connectivity index (χ1v) is 5.95. The SMILES string of the molecule is CN(C)CCOc1ccc(C=NNC(N)=S)cc1. The highest BCUT2D eigenvalue weighted by Gasteiger charge is 1.95. The average Bonchev–Trinajstić information content (AvgIpc) is 2.30. The molecule has 0 spiro atoms. The second-order valence-electron chi connectivity index (χ2n) is 3.96. The van der Waals surface area contributed by atoms with Crippen LogP contribution >= 0.6 is 12.2 Å². The van der Waals surface area contributed by atoms with Crippen LogP contribution in [0, 0.1) is 0 Å². The summed E-state index contributed by atoms with van der Waals surface area (Å²) in [5.41, 5.74) is 8.68. The minimum atomic E-state index is 0.148. The summed E-state index contributed by atoms with van der Waals surface area (Å²) in [6.07, 6.45) is 1.64. The third kappa shape index (κ3) is 6.17. The molecule has 1 aromatic carbocycles. The standard InChI is InChI=1S/C12H18N4OS/c1-16(2)7-8-17-11-5-3-10(4-6-11)9-14-15-12(13)18/h3-6,9H,7-8H2,1-2H3,(H3,13,15,18). The molecule has 1 aromatic rings. The molecule has 6 heteroatoms. The summed E-state index contributed by atoms with van der Waals surface area (Å²) in [6, 6.07) is 7.63. The van der Waals surface area contributed by atoms with E-state index in [1.807, 2.05) is 38.4 Å². The van der Waals surface area contributed by atoms with Crippen LogP contribution in [0.2, 0.25) is 0 Å². The Morgan fingerprint density at radius 1 is 1.44 bits per heavy atom. The van der Waals surface area contributed by atoms with Crippen molar-refractivity contribution in [2.24, 2.45) is 10.8 Å². The Balaban J connectivity index is 2.42. The van der Waals surface area contributed by atoms with Gasteiger partial charge in [0.05, 0.1) is 6.21 Å². The molecule has 98 valence electrons. The third-order valence-electron chi connectivity index (χ3n) is 2.08. The van der Waals surface area contributed by atoms with Crippen molar-refractivity contribution >= 4 is 23.5 Å². The van der Waals surface area contributed by atoms with Crippen LogP contribution < -0.4 is 15.9 Å². The molecule has 0 aliphatic heterocycles. The molecule has 0 aromatic heterocycles. The summed E-state index contributed by atoms with van der Waals surface area (Å²) in [5.74, 6) is 0.844. The topological polar surface area (TPSA) is 62.9 Å². The van der Waals surface area contributed by atoms with Crippen molar-refractivity contribution in [2.75, 3.05) is 27.2 Å². The van der Waals surface area contributed by atoms with Gasteiger partial charge in [-0.3, -0.25) is 5.43 Å². The fourth-order valence-electron chi connectivity index (χ4n) is 1.17. The molecular formula is C12H18N4OS. The molecule has 0 saturated carbocycles. The smallest absolute Gasteiger partial charge is 0.184 e. The summed E-state index contributed by atoms with van der Waals surface area (Å²) >= 11 is 4.63. The number of nitrogens with two attached hydrogens (primary N) is 1. The zero-order valence-corrected chi connectivity index (χ0v) is 11.4. The highest BCUT2D eigenvalue weighted by molar-refractivity contribution is 7.80. The van der Waals surface area contributed by atoms with E-state index in [9.17, 15) is 0 Å². The van der Waals surface area contributed by atoms with Crippen LogP contribution in [0.15, 0.2) is 29.4 Å². The Hall–Kier alpha value is -1.66. The van der Waals surface area contributed by atoms with Crippen LogP contribution in [0.1, 0.15) is 5.56 Å². The molecule has 0 radical (unpaired) electrons. The van der Waals surface area contributed by atoms with Crippen molar-refractivity contribution in [3.05, 3.63) is 29.8 Å². The van der Waals surface area contributed by atoms with Gasteiger partial charge in [0.25, 0.3) is 0 Å². The summed E-state index contributed by atoms with van der Waals surface area (Å²) in [7, 11) is 4.02. The van der Waals surface area contributed by atoms with E-state index in [1.165, 1.54) is 0 Å². The first-order chi connectivity index (χ1) is 8.58. The Morgan fingerprint density at radius 3 is 2.67 bits per heavy atom. The van der Waals surface area contributed by atoms with Crippen LogP contribution in [-0.4, -0.2) is 43.5 Å². The highest BCUT2D eigenvalue weighted by Crippen LogP contribution is 2.10. The Bertz CT molecular complexity index is 403. The highest BCUT2D eigenvalue weighted by atomic mass is 32.1. The molecule has 0 amide bonds. The molecule has 0 atom stereocenters. The van der Waals surface area contributed by atoms with E-state index >= 15 is 0 Å². The van der Waals surface area contributed by atoms with Crippen molar-refractivity contribution in [3.63, 3.8) is 0 Å². The van der Waals surface area contributed by atoms with Crippen LogP contribution in [0.3, 0.4) is 0 Å².